The number of hydrogen-bond acceptors (Lipinski definition) is 5. The number of thiocarbonyl (C=S) groups is 1. The van der Waals surface area contributed by atoms with Gasteiger partial charge in [-0.25, -0.2) is 4.39 Å². The molecular formula is C43H51F4N5O3S. The zero-order chi connectivity index (χ0) is 40.6. The highest BCUT2D eigenvalue weighted by molar-refractivity contribution is 7.80. The maximum Gasteiger partial charge on any atom is 0.418 e. The molecule has 1 aliphatic carbocycles. The summed E-state index contributed by atoms with van der Waals surface area (Å²) in [6, 6.07) is 13.8. The normalized spacial score (nSPS) is 17.6. The van der Waals surface area contributed by atoms with Crippen LogP contribution in [0.25, 0.3) is 10.9 Å². The summed E-state index contributed by atoms with van der Waals surface area (Å²) in [5, 5.41) is 10.3. The number of fused-ring (bicyclic) bond motifs is 3. The average Bonchev–Trinajstić information content (AvgIpc) is 3.55. The van der Waals surface area contributed by atoms with E-state index in [2.05, 4.69) is 32.8 Å². The van der Waals surface area contributed by atoms with Crippen LogP contribution in [0.2, 0.25) is 0 Å². The minimum Gasteiger partial charge on any atom is -0.362 e. The lowest BCUT2D eigenvalue weighted by atomic mass is 9.72. The topological polar surface area (TPSA) is 116 Å². The molecule has 4 aromatic rings. The molecule has 1 amide bonds. The number of rotatable bonds is 17. The summed E-state index contributed by atoms with van der Waals surface area (Å²) in [6.07, 6.45) is 0.219. The summed E-state index contributed by atoms with van der Waals surface area (Å²) in [7, 11) is 0. The van der Waals surface area contributed by atoms with E-state index in [4.69, 9.17) is 12.2 Å². The fraction of sp³-hybridized carbons (Fsp3) is 0.465. The first-order valence-corrected chi connectivity index (χ1v) is 19.8. The molecule has 300 valence electrons. The van der Waals surface area contributed by atoms with Crippen molar-refractivity contribution in [3.8, 4) is 0 Å². The first-order valence-electron chi connectivity index (χ1n) is 19.4. The van der Waals surface area contributed by atoms with Crippen LogP contribution < -0.4 is 16.0 Å². The zero-order valence-corrected chi connectivity index (χ0v) is 33.1. The molecule has 4 N–H and O–H groups in total. The Labute approximate surface area is 331 Å². The van der Waals surface area contributed by atoms with Crippen molar-refractivity contribution in [1.82, 2.24) is 25.9 Å². The number of amides is 1. The van der Waals surface area contributed by atoms with Crippen LogP contribution in [0.15, 0.2) is 67.0 Å². The number of ketones is 2. The number of Topliss-reactive ketones (excluding diaryl/α,β-unsaturated/α-hetero) is 2. The molecule has 56 heavy (non-hydrogen) atoms. The Morgan fingerprint density at radius 1 is 0.946 bits per heavy atom. The number of halogens is 4. The Kier molecular flexibility index (Phi) is 14.1. The van der Waals surface area contributed by atoms with Gasteiger partial charge < -0.3 is 20.9 Å². The van der Waals surface area contributed by atoms with Gasteiger partial charge in [0.2, 0.25) is 5.91 Å². The molecule has 2 aromatic heterocycles. The van der Waals surface area contributed by atoms with Crippen molar-refractivity contribution in [2.24, 2.45) is 23.7 Å². The molecular weight excluding hydrogens is 743 g/mol. The lowest BCUT2D eigenvalue weighted by Crippen LogP contribution is -2.60. The van der Waals surface area contributed by atoms with Crippen molar-refractivity contribution in [3.63, 3.8) is 0 Å². The van der Waals surface area contributed by atoms with Crippen molar-refractivity contribution < 1.29 is 31.9 Å². The van der Waals surface area contributed by atoms with Gasteiger partial charge in [-0.3, -0.25) is 19.4 Å². The fourth-order valence-corrected chi connectivity index (χ4v) is 7.82. The Morgan fingerprint density at radius 2 is 1.66 bits per heavy atom. The quantitative estimate of drug-likeness (QED) is 0.0630. The van der Waals surface area contributed by atoms with E-state index in [1.165, 1.54) is 18.2 Å². The average molecular weight is 794 g/mol. The van der Waals surface area contributed by atoms with Gasteiger partial charge in [0.05, 0.1) is 11.1 Å². The van der Waals surface area contributed by atoms with Crippen LogP contribution >= 0.6 is 12.2 Å². The third kappa shape index (κ3) is 10.2. The highest BCUT2D eigenvalue weighted by Crippen LogP contribution is 2.41. The van der Waals surface area contributed by atoms with Crippen molar-refractivity contribution in [1.29, 1.82) is 0 Å². The molecule has 2 aromatic carbocycles. The lowest BCUT2D eigenvalue weighted by molar-refractivity contribution is -0.137. The number of aromatic nitrogens is 2. The smallest absolute Gasteiger partial charge is 0.362 e. The molecule has 0 fully saturated rings. The van der Waals surface area contributed by atoms with E-state index in [0.717, 1.165) is 18.1 Å². The van der Waals surface area contributed by atoms with Crippen molar-refractivity contribution in [2.45, 2.75) is 97.3 Å². The van der Waals surface area contributed by atoms with E-state index in [-0.39, 0.29) is 78.9 Å². The number of nitrogens with zero attached hydrogens (tertiary/aromatic N) is 1. The third-order valence-electron chi connectivity index (χ3n) is 11.6. The summed E-state index contributed by atoms with van der Waals surface area (Å²) < 4.78 is 56.8. The molecule has 0 saturated carbocycles. The highest BCUT2D eigenvalue weighted by atomic mass is 32.1. The Hall–Kier alpha value is -4.65. The minimum absolute atomic E-state index is 0.0167. The lowest BCUT2D eigenvalue weighted by Gasteiger charge is -2.40. The third-order valence-corrected chi connectivity index (χ3v) is 11.9. The Balaban J connectivity index is 1.44. The van der Waals surface area contributed by atoms with E-state index < -0.39 is 34.9 Å². The maximum absolute atomic E-state index is 14.9. The fourth-order valence-electron chi connectivity index (χ4n) is 7.67. The van der Waals surface area contributed by atoms with Gasteiger partial charge in [0, 0.05) is 68.2 Å². The van der Waals surface area contributed by atoms with Crippen LogP contribution in [0.5, 0.6) is 0 Å². The largest absolute Gasteiger partial charge is 0.418 e. The van der Waals surface area contributed by atoms with Crippen LogP contribution in [0.4, 0.5) is 17.6 Å². The van der Waals surface area contributed by atoms with Crippen molar-refractivity contribution in [2.75, 3.05) is 6.54 Å². The molecule has 1 aliphatic rings. The van der Waals surface area contributed by atoms with Gasteiger partial charge in [-0.15, -0.1) is 0 Å². The van der Waals surface area contributed by atoms with Gasteiger partial charge in [-0.2, -0.15) is 13.2 Å². The number of H-pyrrole nitrogens is 1. The van der Waals surface area contributed by atoms with Crippen LogP contribution in [0, 0.1) is 29.5 Å². The van der Waals surface area contributed by atoms with Gasteiger partial charge in [0.1, 0.15) is 17.1 Å². The Morgan fingerprint density at radius 3 is 2.34 bits per heavy atom. The van der Waals surface area contributed by atoms with Crippen LogP contribution in [0.3, 0.4) is 0 Å². The monoisotopic (exact) mass is 793 g/mol. The van der Waals surface area contributed by atoms with E-state index in [1.54, 1.807) is 30.6 Å². The molecule has 0 bridgehead atoms. The molecule has 2 unspecified atom stereocenters. The number of para-hydroxylation sites is 1. The summed E-state index contributed by atoms with van der Waals surface area (Å²) >= 11 is 5.56. The molecule has 0 saturated heterocycles. The second-order valence-electron chi connectivity index (χ2n) is 15.3. The summed E-state index contributed by atoms with van der Waals surface area (Å²) in [4.78, 5) is 49.8. The predicted molar refractivity (Wildman–Crippen MR) is 213 cm³/mol. The maximum atomic E-state index is 14.9. The zero-order valence-electron chi connectivity index (χ0n) is 32.3. The number of pyridine rings is 1. The first kappa shape index (κ1) is 42.5. The number of carbonyl (C=O) groups excluding carboxylic acids is 3. The summed E-state index contributed by atoms with van der Waals surface area (Å²) in [5.74, 6) is -2.73. The minimum atomic E-state index is -4.60. The van der Waals surface area contributed by atoms with E-state index in [0.29, 0.717) is 41.3 Å². The van der Waals surface area contributed by atoms with Crippen molar-refractivity contribution in [3.05, 3.63) is 101 Å². The summed E-state index contributed by atoms with van der Waals surface area (Å²) in [5.41, 5.74) is 0.0786. The molecule has 13 heteroatoms. The molecule has 2 heterocycles. The molecule has 0 spiro atoms. The molecule has 0 aliphatic heterocycles. The van der Waals surface area contributed by atoms with Gasteiger partial charge in [0.25, 0.3) is 0 Å². The SMILES string of the molecule is CCC(C)[C@@H](CNC(=S)NCc1ccncc1)CC(=O)[C@@]1(NC(=O)[C@@H](CC(=O)Cc2ccccc2F)C(C)CC)CCc2[nH]c3c(C(F)(F)F)cccc3c2C1. The highest BCUT2D eigenvalue weighted by Gasteiger charge is 2.46. The molecule has 0 radical (unpaired) electrons. The standard InChI is InChI=1S/C43H51F4N5O3S/c1-5-26(3)30(25-50-41(56)49-24-28-15-18-48-19-16-28)21-38(54)42(17-14-37-34(23-42)32-11-9-12-35(39(32)51-37)43(45,46)47)52-40(55)33(27(4)6-2)22-31(53)20-29-10-7-8-13-36(29)44/h7-13,15-16,18-19,26-27,30,33,51H,5-6,14,17,20-25H2,1-4H3,(H,52,55)(H2,49,50,56)/t26?,27?,30-,33+,42-/m1/s1. The number of hydrogen-bond donors (Lipinski definition) is 4. The van der Waals surface area contributed by atoms with Gasteiger partial charge in [0.15, 0.2) is 10.9 Å². The molecule has 5 rings (SSSR count). The number of aryl methyl sites for hydroxylation is 1. The van der Waals surface area contributed by atoms with E-state index in [1.807, 2.05) is 32.9 Å². The second-order valence-corrected chi connectivity index (χ2v) is 15.7. The summed E-state index contributed by atoms with van der Waals surface area (Å²) in [6.45, 7) is 8.72. The number of benzene rings is 2. The van der Waals surface area contributed by atoms with Crippen molar-refractivity contribution >= 4 is 45.7 Å². The number of alkyl halides is 3. The molecule has 8 nitrogen and oxygen atoms in total. The van der Waals surface area contributed by atoms with E-state index >= 15 is 0 Å². The first-order chi connectivity index (χ1) is 26.7. The second kappa shape index (κ2) is 18.5. The molecule has 5 atom stereocenters. The predicted octanol–water partition coefficient (Wildman–Crippen LogP) is 8.21. The van der Waals surface area contributed by atoms with Crippen LogP contribution in [-0.4, -0.2) is 44.6 Å². The Bertz CT molecular complexity index is 2020. The van der Waals surface area contributed by atoms with Gasteiger partial charge in [-0.1, -0.05) is 70.9 Å². The van der Waals surface area contributed by atoms with E-state index in [9.17, 15) is 31.9 Å². The van der Waals surface area contributed by atoms with Gasteiger partial charge in [-0.05, 0) is 83.8 Å². The van der Waals surface area contributed by atoms with Crippen LogP contribution in [0.1, 0.15) is 87.7 Å². The number of nitrogens with one attached hydrogen (secondary N) is 4. The van der Waals surface area contributed by atoms with Gasteiger partial charge >= 0.3 is 6.18 Å². The van der Waals surface area contributed by atoms with Crippen LogP contribution in [-0.2, 0) is 46.4 Å². The number of carbonyl (C=O) groups is 3. The number of aromatic amines is 1.